The molecule has 0 fully saturated rings. The van der Waals surface area contributed by atoms with E-state index in [9.17, 15) is 0 Å². The van der Waals surface area contributed by atoms with Gasteiger partial charge in [0, 0.05) is 18.4 Å². The van der Waals surface area contributed by atoms with Gasteiger partial charge in [0.1, 0.15) is 6.07 Å². The average molecular weight is 204 g/mol. The molecule has 1 aromatic rings. The van der Waals surface area contributed by atoms with Crippen LogP contribution in [0.3, 0.4) is 0 Å². The summed E-state index contributed by atoms with van der Waals surface area (Å²) < 4.78 is 0. The number of rotatable bonds is 4. The van der Waals surface area contributed by atoms with Crippen LogP contribution in [0, 0.1) is 17.2 Å². The van der Waals surface area contributed by atoms with Gasteiger partial charge in [-0.25, -0.2) is 9.97 Å². The molecule has 0 bridgehead atoms. The van der Waals surface area contributed by atoms with Crippen molar-refractivity contribution in [3.63, 3.8) is 0 Å². The molecule has 1 aromatic heterocycles. The van der Waals surface area contributed by atoms with E-state index in [-0.39, 0.29) is 0 Å². The van der Waals surface area contributed by atoms with E-state index in [0.717, 1.165) is 6.42 Å². The lowest BCUT2D eigenvalue weighted by Gasteiger charge is -2.20. The Balaban J connectivity index is 2.77. The van der Waals surface area contributed by atoms with Crippen LogP contribution in [-0.4, -0.2) is 16.0 Å². The molecule has 80 valence electrons. The highest BCUT2D eigenvalue weighted by Crippen LogP contribution is 2.14. The molecule has 0 aliphatic rings. The molecule has 0 aliphatic heterocycles. The normalized spacial score (nSPS) is 14.0. The van der Waals surface area contributed by atoms with Crippen molar-refractivity contribution in [1.29, 1.82) is 5.26 Å². The Kier molecular flexibility index (Phi) is 4.04. The first-order chi connectivity index (χ1) is 7.19. The molecule has 0 saturated carbocycles. The zero-order valence-electron chi connectivity index (χ0n) is 9.36. The van der Waals surface area contributed by atoms with Gasteiger partial charge in [-0.1, -0.05) is 20.3 Å². The number of nitrogens with zero attached hydrogens (tertiary/aromatic N) is 3. The molecule has 0 radical (unpaired) electrons. The molecular formula is C11H16N4. The second-order valence-electron chi connectivity index (χ2n) is 3.68. The Hall–Kier alpha value is -1.63. The van der Waals surface area contributed by atoms with Gasteiger partial charge in [-0.15, -0.1) is 0 Å². The van der Waals surface area contributed by atoms with Crippen molar-refractivity contribution in [2.24, 2.45) is 5.92 Å². The summed E-state index contributed by atoms with van der Waals surface area (Å²) in [7, 11) is 0. The van der Waals surface area contributed by atoms with Crippen LogP contribution in [0.4, 0.5) is 5.82 Å². The molecule has 1 N–H and O–H groups in total. The summed E-state index contributed by atoms with van der Waals surface area (Å²) in [4.78, 5) is 8.06. The molecule has 1 rings (SSSR count). The van der Waals surface area contributed by atoms with Crippen molar-refractivity contribution >= 4 is 5.82 Å². The van der Waals surface area contributed by atoms with Gasteiger partial charge in [0.05, 0.1) is 0 Å². The number of hydrogen-bond donors (Lipinski definition) is 1. The van der Waals surface area contributed by atoms with E-state index < -0.39 is 0 Å². The van der Waals surface area contributed by atoms with E-state index in [1.807, 2.05) is 6.07 Å². The molecule has 0 saturated heterocycles. The SMILES string of the molecule is CC[C@@H](C)[C@@H](C)Nc1nccnc1C#N. The third-order valence-electron chi connectivity index (χ3n) is 2.67. The lowest BCUT2D eigenvalue weighted by atomic mass is 10.0. The molecule has 2 atom stereocenters. The Morgan fingerprint density at radius 1 is 1.40 bits per heavy atom. The molecule has 1 heterocycles. The first kappa shape index (κ1) is 11.4. The van der Waals surface area contributed by atoms with Crippen LogP contribution in [-0.2, 0) is 0 Å². The van der Waals surface area contributed by atoms with E-state index in [4.69, 9.17) is 5.26 Å². The van der Waals surface area contributed by atoms with Gasteiger partial charge in [0.25, 0.3) is 0 Å². The number of anilines is 1. The minimum absolute atomic E-state index is 0.291. The fourth-order valence-electron chi connectivity index (χ4n) is 1.24. The van der Waals surface area contributed by atoms with E-state index in [1.54, 1.807) is 6.20 Å². The van der Waals surface area contributed by atoms with E-state index in [1.165, 1.54) is 6.20 Å². The fourth-order valence-corrected chi connectivity index (χ4v) is 1.24. The quantitative estimate of drug-likeness (QED) is 0.816. The highest BCUT2D eigenvalue weighted by atomic mass is 15.0. The Morgan fingerprint density at radius 2 is 2.07 bits per heavy atom. The van der Waals surface area contributed by atoms with Gasteiger partial charge >= 0.3 is 0 Å². The second-order valence-corrected chi connectivity index (χ2v) is 3.68. The molecule has 4 heteroatoms. The predicted octanol–water partition coefficient (Wildman–Crippen LogP) is 2.19. The number of hydrogen-bond acceptors (Lipinski definition) is 4. The monoisotopic (exact) mass is 204 g/mol. The molecule has 0 spiro atoms. The topological polar surface area (TPSA) is 61.6 Å². The Bertz CT molecular complexity index is 356. The maximum Gasteiger partial charge on any atom is 0.182 e. The van der Waals surface area contributed by atoms with Crippen LogP contribution in [0.15, 0.2) is 12.4 Å². The van der Waals surface area contributed by atoms with E-state index >= 15 is 0 Å². The Morgan fingerprint density at radius 3 is 2.67 bits per heavy atom. The van der Waals surface area contributed by atoms with Crippen LogP contribution in [0.2, 0.25) is 0 Å². The van der Waals surface area contributed by atoms with Crippen LogP contribution >= 0.6 is 0 Å². The van der Waals surface area contributed by atoms with Gasteiger partial charge in [-0.05, 0) is 12.8 Å². The molecule has 15 heavy (non-hydrogen) atoms. The van der Waals surface area contributed by atoms with Crippen molar-refractivity contribution in [2.75, 3.05) is 5.32 Å². The number of nitrogens with one attached hydrogen (secondary N) is 1. The van der Waals surface area contributed by atoms with Gasteiger partial charge in [-0.3, -0.25) is 0 Å². The van der Waals surface area contributed by atoms with Gasteiger partial charge in [0.15, 0.2) is 11.5 Å². The van der Waals surface area contributed by atoms with E-state index in [0.29, 0.717) is 23.5 Å². The summed E-state index contributed by atoms with van der Waals surface area (Å²) in [5, 5.41) is 12.1. The van der Waals surface area contributed by atoms with Crippen LogP contribution in [0.1, 0.15) is 32.9 Å². The molecule has 0 amide bonds. The average Bonchev–Trinajstić information content (AvgIpc) is 2.28. The molecule has 0 unspecified atom stereocenters. The smallest absolute Gasteiger partial charge is 0.182 e. The standard InChI is InChI=1S/C11H16N4/c1-4-8(2)9(3)15-11-10(7-12)13-5-6-14-11/h5-6,8-9H,4H2,1-3H3,(H,14,15)/t8-,9-/m1/s1. The summed E-state index contributed by atoms with van der Waals surface area (Å²) >= 11 is 0. The van der Waals surface area contributed by atoms with Crippen LogP contribution in [0.25, 0.3) is 0 Å². The third-order valence-corrected chi connectivity index (χ3v) is 2.67. The maximum atomic E-state index is 8.83. The molecular weight excluding hydrogens is 188 g/mol. The summed E-state index contributed by atoms with van der Waals surface area (Å²) in [6.07, 6.45) is 4.21. The minimum atomic E-state index is 0.291. The summed E-state index contributed by atoms with van der Waals surface area (Å²) in [5.74, 6) is 1.12. The van der Waals surface area contributed by atoms with Crippen molar-refractivity contribution in [2.45, 2.75) is 33.2 Å². The molecule has 0 aliphatic carbocycles. The van der Waals surface area contributed by atoms with E-state index in [2.05, 4.69) is 36.1 Å². The summed E-state index contributed by atoms with van der Waals surface area (Å²) in [6.45, 7) is 6.40. The largest absolute Gasteiger partial charge is 0.365 e. The fraction of sp³-hybridized carbons (Fsp3) is 0.545. The molecule has 0 aromatic carbocycles. The van der Waals surface area contributed by atoms with Gasteiger partial charge in [-0.2, -0.15) is 5.26 Å². The van der Waals surface area contributed by atoms with Crippen LogP contribution < -0.4 is 5.32 Å². The zero-order chi connectivity index (χ0) is 11.3. The predicted molar refractivity (Wildman–Crippen MR) is 59.3 cm³/mol. The van der Waals surface area contributed by atoms with Crippen molar-refractivity contribution in [3.05, 3.63) is 18.1 Å². The lowest BCUT2D eigenvalue weighted by molar-refractivity contribution is 0.493. The summed E-state index contributed by atoms with van der Waals surface area (Å²) in [5.41, 5.74) is 0.354. The van der Waals surface area contributed by atoms with Crippen molar-refractivity contribution < 1.29 is 0 Å². The number of aromatic nitrogens is 2. The Labute approximate surface area is 90.4 Å². The van der Waals surface area contributed by atoms with Crippen molar-refractivity contribution in [1.82, 2.24) is 9.97 Å². The minimum Gasteiger partial charge on any atom is -0.365 e. The lowest BCUT2D eigenvalue weighted by Crippen LogP contribution is -2.24. The van der Waals surface area contributed by atoms with Gasteiger partial charge < -0.3 is 5.32 Å². The maximum absolute atomic E-state index is 8.83. The first-order valence-corrected chi connectivity index (χ1v) is 5.16. The zero-order valence-corrected chi connectivity index (χ0v) is 9.36. The van der Waals surface area contributed by atoms with Gasteiger partial charge in [0.2, 0.25) is 0 Å². The summed E-state index contributed by atoms with van der Waals surface area (Å²) in [6, 6.07) is 2.31. The first-order valence-electron chi connectivity index (χ1n) is 5.16. The highest BCUT2D eigenvalue weighted by molar-refractivity contribution is 5.47. The molecule has 4 nitrogen and oxygen atoms in total. The van der Waals surface area contributed by atoms with Crippen LogP contribution in [0.5, 0.6) is 0 Å². The highest BCUT2D eigenvalue weighted by Gasteiger charge is 2.12. The third kappa shape index (κ3) is 2.91. The number of nitriles is 1. The second kappa shape index (κ2) is 5.30. The van der Waals surface area contributed by atoms with Crippen molar-refractivity contribution in [3.8, 4) is 6.07 Å².